The Morgan fingerprint density at radius 2 is 2.30 bits per heavy atom. The number of carbonyl (C=O) groups excluding carboxylic acids is 1. The SMILES string of the molecule is Cc1nsc(C)c1CC=O. The van der Waals surface area contributed by atoms with E-state index < -0.39 is 0 Å². The highest BCUT2D eigenvalue weighted by Gasteiger charge is 2.04. The number of aryl methyl sites for hydroxylation is 2. The van der Waals surface area contributed by atoms with Crippen LogP contribution in [0.15, 0.2) is 0 Å². The second-order valence-electron chi connectivity index (χ2n) is 2.17. The molecule has 0 bridgehead atoms. The predicted octanol–water partition coefficient (Wildman–Crippen LogP) is 1.50. The van der Waals surface area contributed by atoms with Gasteiger partial charge in [0.15, 0.2) is 0 Å². The molecule has 0 spiro atoms. The first kappa shape index (κ1) is 7.41. The number of rotatable bonds is 2. The summed E-state index contributed by atoms with van der Waals surface area (Å²) in [6, 6.07) is 0. The molecule has 0 fully saturated rings. The minimum atomic E-state index is 0.508. The van der Waals surface area contributed by atoms with Crippen molar-refractivity contribution in [3.63, 3.8) is 0 Å². The lowest BCUT2D eigenvalue weighted by atomic mass is 10.2. The number of carbonyl (C=O) groups is 1. The molecule has 0 aliphatic carbocycles. The zero-order chi connectivity index (χ0) is 7.56. The van der Waals surface area contributed by atoms with E-state index in [4.69, 9.17) is 0 Å². The van der Waals surface area contributed by atoms with Crippen LogP contribution < -0.4 is 0 Å². The van der Waals surface area contributed by atoms with Gasteiger partial charge in [-0.05, 0) is 30.9 Å². The Morgan fingerprint density at radius 1 is 1.60 bits per heavy atom. The molecule has 2 nitrogen and oxygen atoms in total. The van der Waals surface area contributed by atoms with Crippen molar-refractivity contribution < 1.29 is 4.79 Å². The van der Waals surface area contributed by atoms with Crippen LogP contribution in [0.3, 0.4) is 0 Å². The molecule has 0 aromatic carbocycles. The molecule has 3 heteroatoms. The summed E-state index contributed by atoms with van der Waals surface area (Å²) < 4.78 is 4.12. The average Bonchev–Trinajstić information content (AvgIpc) is 2.20. The molecular weight excluding hydrogens is 146 g/mol. The molecule has 0 aliphatic heterocycles. The van der Waals surface area contributed by atoms with E-state index >= 15 is 0 Å². The highest BCUT2D eigenvalue weighted by atomic mass is 32.1. The van der Waals surface area contributed by atoms with Gasteiger partial charge >= 0.3 is 0 Å². The monoisotopic (exact) mass is 155 g/mol. The quantitative estimate of drug-likeness (QED) is 0.606. The fourth-order valence-electron chi connectivity index (χ4n) is 0.877. The molecule has 0 saturated heterocycles. The van der Waals surface area contributed by atoms with Crippen LogP contribution in [0, 0.1) is 13.8 Å². The Hall–Kier alpha value is -0.700. The third kappa shape index (κ3) is 1.24. The fraction of sp³-hybridized carbons (Fsp3) is 0.429. The van der Waals surface area contributed by atoms with Gasteiger partial charge in [0.05, 0.1) is 5.69 Å². The van der Waals surface area contributed by atoms with E-state index in [1.807, 2.05) is 13.8 Å². The van der Waals surface area contributed by atoms with E-state index in [9.17, 15) is 4.79 Å². The van der Waals surface area contributed by atoms with Crippen LogP contribution in [-0.4, -0.2) is 10.7 Å². The molecule has 1 rings (SSSR count). The van der Waals surface area contributed by atoms with Gasteiger partial charge < -0.3 is 4.79 Å². The molecule has 0 saturated carbocycles. The molecule has 0 atom stereocenters. The van der Waals surface area contributed by atoms with Crippen molar-refractivity contribution in [1.82, 2.24) is 4.37 Å². The van der Waals surface area contributed by atoms with Gasteiger partial charge in [-0.25, -0.2) is 0 Å². The maximum atomic E-state index is 10.2. The summed E-state index contributed by atoms with van der Waals surface area (Å²) in [7, 11) is 0. The summed E-state index contributed by atoms with van der Waals surface area (Å²) in [4.78, 5) is 11.3. The van der Waals surface area contributed by atoms with Gasteiger partial charge in [0, 0.05) is 11.3 Å². The minimum absolute atomic E-state index is 0.508. The molecule has 0 radical (unpaired) electrons. The molecule has 0 amide bonds. The maximum absolute atomic E-state index is 10.2. The van der Waals surface area contributed by atoms with Crippen molar-refractivity contribution in [1.29, 1.82) is 0 Å². The highest BCUT2D eigenvalue weighted by molar-refractivity contribution is 7.05. The Kier molecular flexibility index (Phi) is 2.17. The molecule has 1 aromatic heterocycles. The van der Waals surface area contributed by atoms with E-state index in [1.54, 1.807) is 0 Å². The van der Waals surface area contributed by atoms with Gasteiger partial charge in [-0.1, -0.05) is 0 Å². The smallest absolute Gasteiger partial charge is 0.124 e. The second-order valence-corrected chi connectivity index (χ2v) is 3.15. The summed E-state index contributed by atoms with van der Waals surface area (Å²) in [5.41, 5.74) is 2.09. The van der Waals surface area contributed by atoms with Crippen LogP contribution in [0.1, 0.15) is 16.1 Å². The fourth-order valence-corrected chi connectivity index (χ4v) is 1.60. The zero-order valence-corrected chi connectivity index (χ0v) is 6.86. The van der Waals surface area contributed by atoms with Crippen molar-refractivity contribution >= 4 is 17.8 Å². The minimum Gasteiger partial charge on any atom is -0.303 e. The maximum Gasteiger partial charge on any atom is 0.124 e. The standard InChI is InChI=1S/C7H9NOS/c1-5-7(3-4-9)6(2)10-8-5/h4H,3H2,1-2H3. The third-order valence-corrected chi connectivity index (χ3v) is 2.35. The van der Waals surface area contributed by atoms with Gasteiger partial charge in [0.2, 0.25) is 0 Å². The Bertz CT molecular complexity index is 222. The first-order chi connectivity index (χ1) is 4.75. The Labute approximate surface area is 64.1 Å². The van der Waals surface area contributed by atoms with Gasteiger partial charge in [-0.2, -0.15) is 4.37 Å². The molecule has 1 heterocycles. The van der Waals surface area contributed by atoms with E-state index in [2.05, 4.69) is 4.37 Å². The van der Waals surface area contributed by atoms with Gasteiger partial charge in [-0.3, -0.25) is 0 Å². The van der Waals surface area contributed by atoms with Crippen LogP contribution in [0.5, 0.6) is 0 Å². The molecule has 10 heavy (non-hydrogen) atoms. The summed E-state index contributed by atoms with van der Waals surface area (Å²) in [6.07, 6.45) is 1.43. The summed E-state index contributed by atoms with van der Waals surface area (Å²) in [5.74, 6) is 0. The first-order valence-corrected chi connectivity index (χ1v) is 3.88. The molecular formula is C7H9NOS. The predicted molar refractivity (Wildman–Crippen MR) is 41.4 cm³/mol. The number of hydrogen-bond donors (Lipinski definition) is 0. The second kappa shape index (κ2) is 2.92. The lowest BCUT2D eigenvalue weighted by molar-refractivity contribution is -0.107. The van der Waals surface area contributed by atoms with Gasteiger partial charge in [-0.15, -0.1) is 0 Å². The Morgan fingerprint density at radius 3 is 2.70 bits per heavy atom. The van der Waals surface area contributed by atoms with Crippen molar-refractivity contribution in [2.45, 2.75) is 20.3 Å². The summed E-state index contributed by atoms with van der Waals surface area (Å²) in [6.45, 7) is 3.92. The van der Waals surface area contributed by atoms with Crippen molar-refractivity contribution in [2.24, 2.45) is 0 Å². The van der Waals surface area contributed by atoms with Crippen LogP contribution in [0.4, 0.5) is 0 Å². The molecule has 0 unspecified atom stereocenters. The lowest BCUT2D eigenvalue weighted by Crippen LogP contribution is -1.88. The van der Waals surface area contributed by atoms with E-state index in [1.165, 1.54) is 11.5 Å². The third-order valence-electron chi connectivity index (χ3n) is 1.47. The molecule has 0 aliphatic rings. The first-order valence-electron chi connectivity index (χ1n) is 3.11. The number of hydrogen-bond acceptors (Lipinski definition) is 3. The van der Waals surface area contributed by atoms with Crippen LogP contribution in [-0.2, 0) is 11.2 Å². The number of aromatic nitrogens is 1. The highest BCUT2D eigenvalue weighted by Crippen LogP contribution is 2.16. The average molecular weight is 155 g/mol. The van der Waals surface area contributed by atoms with Crippen molar-refractivity contribution in [3.05, 3.63) is 16.1 Å². The van der Waals surface area contributed by atoms with E-state index in [0.717, 1.165) is 22.4 Å². The summed E-state index contributed by atoms with van der Waals surface area (Å²) >= 11 is 1.46. The number of nitrogens with zero attached hydrogens (tertiary/aromatic N) is 1. The van der Waals surface area contributed by atoms with E-state index in [0.29, 0.717) is 6.42 Å². The molecule has 54 valence electrons. The van der Waals surface area contributed by atoms with Crippen molar-refractivity contribution in [2.75, 3.05) is 0 Å². The van der Waals surface area contributed by atoms with Crippen LogP contribution in [0.25, 0.3) is 0 Å². The molecule has 0 N–H and O–H groups in total. The van der Waals surface area contributed by atoms with Crippen molar-refractivity contribution in [3.8, 4) is 0 Å². The largest absolute Gasteiger partial charge is 0.303 e. The van der Waals surface area contributed by atoms with E-state index in [-0.39, 0.29) is 0 Å². The summed E-state index contributed by atoms with van der Waals surface area (Å²) in [5, 5.41) is 0. The van der Waals surface area contributed by atoms with Crippen LogP contribution in [0.2, 0.25) is 0 Å². The topological polar surface area (TPSA) is 30.0 Å². The normalized spacial score (nSPS) is 9.80. The van der Waals surface area contributed by atoms with Crippen LogP contribution >= 0.6 is 11.5 Å². The molecule has 1 aromatic rings. The zero-order valence-electron chi connectivity index (χ0n) is 6.05. The number of aldehydes is 1. The van der Waals surface area contributed by atoms with Gasteiger partial charge in [0.1, 0.15) is 6.29 Å². The Balaban J connectivity index is 2.97. The lowest BCUT2D eigenvalue weighted by Gasteiger charge is -1.90. The van der Waals surface area contributed by atoms with Gasteiger partial charge in [0.25, 0.3) is 0 Å².